The SMILES string of the molecule is Nc1ccc(Cc2ccc(Cl)cc2)c(Cl)c1. The highest BCUT2D eigenvalue weighted by Gasteiger charge is 2.02. The predicted molar refractivity (Wildman–Crippen MR) is 70.1 cm³/mol. The van der Waals surface area contributed by atoms with Crippen LogP contribution in [0.15, 0.2) is 42.5 Å². The summed E-state index contributed by atoms with van der Waals surface area (Å²) in [5.74, 6) is 0. The fraction of sp³-hybridized carbons (Fsp3) is 0.0769. The van der Waals surface area contributed by atoms with E-state index in [0.717, 1.165) is 17.0 Å². The van der Waals surface area contributed by atoms with Gasteiger partial charge in [-0.25, -0.2) is 0 Å². The van der Waals surface area contributed by atoms with Crippen molar-refractivity contribution in [1.82, 2.24) is 0 Å². The Morgan fingerprint density at radius 3 is 2.25 bits per heavy atom. The molecule has 0 aliphatic rings. The van der Waals surface area contributed by atoms with Crippen molar-refractivity contribution >= 4 is 28.9 Å². The fourth-order valence-corrected chi connectivity index (χ4v) is 1.91. The van der Waals surface area contributed by atoms with E-state index in [1.54, 1.807) is 6.07 Å². The van der Waals surface area contributed by atoms with Crippen LogP contribution in [-0.2, 0) is 6.42 Å². The Kier molecular flexibility index (Phi) is 3.37. The molecule has 0 spiro atoms. The summed E-state index contributed by atoms with van der Waals surface area (Å²) in [5, 5.41) is 1.45. The maximum absolute atomic E-state index is 6.10. The Morgan fingerprint density at radius 2 is 1.62 bits per heavy atom. The molecule has 0 bridgehead atoms. The first-order valence-corrected chi connectivity index (χ1v) is 5.69. The third-order valence-corrected chi connectivity index (χ3v) is 2.99. The molecule has 0 amide bonds. The quantitative estimate of drug-likeness (QED) is 0.797. The summed E-state index contributed by atoms with van der Waals surface area (Å²) in [6.45, 7) is 0. The molecule has 1 nitrogen and oxygen atoms in total. The summed E-state index contributed by atoms with van der Waals surface area (Å²) in [4.78, 5) is 0. The van der Waals surface area contributed by atoms with E-state index in [1.807, 2.05) is 36.4 Å². The lowest BCUT2D eigenvalue weighted by Crippen LogP contribution is -1.91. The lowest BCUT2D eigenvalue weighted by atomic mass is 10.0. The van der Waals surface area contributed by atoms with E-state index in [-0.39, 0.29) is 0 Å². The number of anilines is 1. The van der Waals surface area contributed by atoms with Crippen molar-refractivity contribution in [1.29, 1.82) is 0 Å². The van der Waals surface area contributed by atoms with Gasteiger partial charge >= 0.3 is 0 Å². The molecule has 0 heterocycles. The number of halogens is 2. The van der Waals surface area contributed by atoms with Crippen molar-refractivity contribution in [2.45, 2.75) is 6.42 Å². The Morgan fingerprint density at radius 1 is 0.938 bits per heavy atom. The summed E-state index contributed by atoms with van der Waals surface area (Å²) < 4.78 is 0. The maximum Gasteiger partial charge on any atom is 0.0461 e. The van der Waals surface area contributed by atoms with Gasteiger partial charge in [-0.15, -0.1) is 0 Å². The topological polar surface area (TPSA) is 26.0 Å². The maximum atomic E-state index is 6.10. The molecule has 0 unspecified atom stereocenters. The van der Waals surface area contributed by atoms with E-state index >= 15 is 0 Å². The third kappa shape index (κ3) is 2.69. The lowest BCUT2D eigenvalue weighted by Gasteiger charge is -2.05. The van der Waals surface area contributed by atoms with E-state index in [9.17, 15) is 0 Å². The molecule has 0 aliphatic heterocycles. The van der Waals surface area contributed by atoms with Crippen LogP contribution in [0.3, 0.4) is 0 Å². The molecule has 2 rings (SSSR count). The second-order valence-electron chi connectivity index (χ2n) is 3.65. The van der Waals surface area contributed by atoms with Gasteiger partial charge in [-0.3, -0.25) is 0 Å². The molecule has 0 saturated carbocycles. The van der Waals surface area contributed by atoms with Crippen molar-refractivity contribution in [3.8, 4) is 0 Å². The van der Waals surface area contributed by atoms with Gasteiger partial charge in [0.05, 0.1) is 0 Å². The van der Waals surface area contributed by atoms with Crippen LogP contribution in [0.4, 0.5) is 5.69 Å². The smallest absolute Gasteiger partial charge is 0.0461 e. The van der Waals surface area contributed by atoms with Gasteiger partial charge in [0.25, 0.3) is 0 Å². The fourth-order valence-electron chi connectivity index (χ4n) is 1.53. The Labute approximate surface area is 105 Å². The monoisotopic (exact) mass is 251 g/mol. The minimum absolute atomic E-state index is 0.685. The largest absolute Gasteiger partial charge is 0.399 e. The zero-order valence-corrected chi connectivity index (χ0v) is 10.1. The minimum atomic E-state index is 0.685. The molecule has 82 valence electrons. The first kappa shape index (κ1) is 11.3. The van der Waals surface area contributed by atoms with Gasteiger partial charge in [-0.05, 0) is 41.8 Å². The highest BCUT2D eigenvalue weighted by Crippen LogP contribution is 2.22. The van der Waals surface area contributed by atoms with Crippen molar-refractivity contribution < 1.29 is 0 Å². The van der Waals surface area contributed by atoms with Crippen LogP contribution < -0.4 is 5.73 Å². The highest BCUT2D eigenvalue weighted by molar-refractivity contribution is 6.31. The Balaban J connectivity index is 2.23. The first-order chi connectivity index (χ1) is 7.65. The zero-order chi connectivity index (χ0) is 11.5. The summed E-state index contributed by atoms with van der Waals surface area (Å²) in [5.41, 5.74) is 8.57. The van der Waals surface area contributed by atoms with Gasteiger partial charge in [0.1, 0.15) is 0 Å². The van der Waals surface area contributed by atoms with Crippen LogP contribution in [0.25, 0.3) is 0 Å². The lowest BCUT2D eigenvalue weighted by molar-refractivity contribution is 1.19. The van der Waals surface area contributed by atoms with Gasteiger partial charge in [-0.2, -0.15) is 0 Å². The minimum Gasteiger partial charge on any atom is -0.399 e. The standard InChI is InChI=1S/C13H11Cl2N/c14-11-4-1-9(2-5-11)7-10-3-6-12(16)8-13(10)15/h1-6,8H,7,16H2. The van der Waals surface area contributed by atoms with Crippen LogP contribution >= 0.6 is 23.2 Å². The van der Waals surface area contributed by atoms with Gasteiger partial charge in [0, 0.05) is 15.7 Å². The van der Waals surface area contributed by atoms with Crippen LogP contribution in [0.1, 0.15) is 11.1 Å². The van der Waals surface area contributed by atoms with Gasteiger partial charge in [0.2, 0.25) is 0 Å². The molecule has 0 fully saturated rings. The molecule has 2 aromatic carbocycles. The molecule has 2 N–H and O–H groups in total. The van der Waals surface area contributed by atoms with Crippen LogP contribution in [0.5, 0.6) is 0 Å². The van der Waals surface area contributed by atoms with E-state index in [0.29, 0.717) is 10.7 Å². The van der Waals surface area contributed by atoms with E-state index < -0.39 is 0 Å². The molecular formula is C13H11Cl2N. The average molecular weight is 252 g/mol. The van der Waals surface area contributed by atoms with Crippen LogP contribution in [0.2, 0.25) is 10.0 Å². The summed E-state index contributed by atoms with van der Waals surface area (Å²) in [7, 11) is 0. The Hall–Kier alpha value is -1.18. The number of rotatable bonds is 2. The van der Waals surface area contributed by atoms with E-state index in [1.165, 1.54) is 5.56 Å². The average Bonchev–Trinajstić information content (AvgIpc) is 2.25. The number of hydrogen-bond donors (Lipinski definition) is 1. The molecule has 0 aliphatic carbocycles. The normalized spacial score (nSPS) is 10.4. The number of nitrogens with two attached hydrogens (primary N) is 1. The molecule has 0 aromatic heterocycles. The number of benzene rings is 2. The predicted octanol–water partition coefficient (Wildman–Crippen LogP) is 4.17. The highest BCUT2D eigenvalue weighted by atomic mass is 35.5. The third-order valence-electron chi connectivity index (χ3n) is 2.38. The summed E-state index contributed by atoms with van der Waals surface area (Å²) in [6, 6.07) is 13.3. The summed E-state index contributed by atoms with van der Waals surface area (Å²) >= 11 is 11.9. The zero-order valence-electron chi connectivity index (χ0n) is 8.58. The van der Waals surface area contributed by atoms with Gasteiger partial charge in [0.15, 0.2) is 0 Å². The number of nitrogen functional groups attached to an aromatic ring is 1. The van der Waals surface area contributed by atoms with Crippen LogP contribution in [-0.4, -0.2) is 0 Å². The molecule has 3 heteroatoms. The second kappa shape index (κ2) is 4.77. The molecular weight excluding hydrogens is 241 g/mol. The Bertz CT molecular complexity index is 492. The van der Waals surface area contributed by atoms with Gasteiger partial charge in [-0.1, -0.05) is 41.4 Å². The van der Waals surface area contributed by atoms with Crippen molar-refractivity contribution in [2.75, 3.05) is 5.73 Å². The van der Waals surface area contributed by atoms with Crippen LogP contribution in [0, 0.1) is 0 Å². The molecule has 16 heavy (non-hydrogen) atoms. The molecule has 0 radical (unpaired) electrons. The summed E-state index contributed by atoms with van der Waals surface area (Å²) in [6.07, 6.45) is 0.788. The van der Waals surface area contributed by atoms with Gasteiger partial charge < -0.3 is 5.73 Å². The first-order valence-electron chi connectivity index (χ1n) is 4.93. The van der Waals surface area contributed by atoms with E-state index in [2.05, 4.69) is 0 Å². The second-order valence-corrected chi connectivity index (χ2v) is 4.50. The van der Waals surface area contributed by atoms with E-state index in [4.69, 9.17) is 28.9 Å². The molecule has 0 saturated heterocycles. The molecule has 2 aromatic rings. The van der Waals surface area contributed by atoms with Crippen molar-refractivity contribution in [3.63, 3.8) is 0 Å². The van der Waals surface area contributed by atoms with Crippen molar-refractivity contribution in [3.05, 3.63) is 63.6 Å². The number of hydrogen-bond acceptors (Lipinski definition) is 1. The van der Waals surface area contributed by atoms with Crippen molar-refractivity contribution in [2.24, 2.45) is 0 Å². The molecule has 0 atom stereocenters.